The highest BCUT2D eigenvalue weighted by Crippen LogP contribution is 2.37. The minimum absolute atomic E-state index is 0.135. The van der Waals surface area contributed by atoms with Crippen LogP contribution in [-0.2, 0) is 14.9 Å². The third-order valence-corrected chi connectivity index (χ3v) is 5.92. The van der Waals surface area contributed by atoms with Gasteiger partial charge in [-0.2, -0.15) is 0 Å². The summed E-state index contributed by atoms with van der Waals surface area (Å²) in [4.78, 5) is 15.0. The number of carbonyl (C=O) groups is 1. The third kappa shape index (κ3) is 4.60. The number of esters is 1. The van der Waals surface area contributed by atoms with Crippen LogP contribution in [0, 0.1) is 0 Å². The molecule has 1 heterocycles. The van der Waals surface area contributed by atoms with Crippen LogP contribution in [-0.4, -0.2) is 42.2 Å². The number of carbonyl (C=O) groups excluding carboxylic acids is 1. The summed E-state index contributed by atoms with van der Waals surface area (Å²) in [5.74, 6) is -0.135. The molecule has 2 aromatic rings. The highest BCUT2D eigenvalue weighted by atomic mass is 79.9. The molecule has 3 rings (SSSR count). The molecule has 1 unspecified atom stereocenters. The van der Waals surface area contributed by atoms with Gasteiger partial charge in [-0.15, -0.1) is 0 Å². The van der Waals surface area contributed by atoms with Crippen molar-refractivity contribution in [3.05, 3.63) is 70.2 Å². The second-order valence-corrected chi connectivity index (χ2v) is 7.95. The summed E-state index contributed by atoms with van der Waals surface area (Å²) in [7, 11) is 0. The number of hydrogen-bond donors (Lipinski definition) is 1. The van der Waals surface area contributed by atoms with Crippen molar-refractivity contribution in [1.82, 2.24) is 4.90 Å². The van der Waals surface area contributed by atoms with Crippen LogP contribution in [0.5, 0.6) is 0 Å². The maximum atomic E-state index is 12.8. The summed E-state index contributed by atoms with van der Waals surface area (Å²) in [6.45, 7) is 4.30. The summed E-state index contributed by atoms with van der Waals surface area (Å²) in [5.41, 5.74) is 1.34. The van der Waals surface area contributed by atoms with E-state index in [1.54, 1.807) is 0 Å². The van der Waals surface area contributed by atoms with Crippen molar-refractivity contribution in [2.24, 2.45) is 0 Å². The fourth-order valence-electron chi connectivity index (χ4n) is 3.79. The molecule has 1 N–H and O–H groups in total. The van der Waals surface area contributed by atoms with E-state index in [-0.39, 0.29) is 5.97 Å². The molecule has 4 nitrogen and oxygen atoms in total. The molecular weight excluding hydrogens is 406 g/mol. The zero-order valence-corrected chi connectivity index (χ0v) is 17.2. The van der Waals surface area contributed by atoms with Crippen LogP contribution in [0.15, 0.2) is 59.1 Å². The average molecular weight is 432 g/mol. The van der Waals surface area contributed by atoms with E-state index >= 15 is 0 Å². The molecule has 144 valence electrons. The fraction of sp³-hybridized carbons (Fsp3) is 0.409. The van der Waals surface area contributed by atoms with Crippen molar-refractivity contribution >= 4 is 21.9 Å². The number of aliphatic hydroxyl groups is 1. The lowest BCUT2D eigenvalue weighted by Crippen LogP contribution is -2.48. The summed E-state index contributed by atoms with van der Waals surface area (Å²) in [5, 5.41) is 10.6. The van der Waals surface area contributed by atoms with Crippen LogP contribution in [0.3, 0.4) is 0 Å². The normalized spacial score (nSPS) is 18.0. The molecule has 27 heavy (non-hydrogen) atoms. The zero-order valence-electron chi connectivity index (χ0n) is 15.6. The summed E-state index contributed by atoms with van der Waals surface area (Å²) in [6.07, 6.45) is 0.858. The Balaban J connectivity index is 1.69. The monoisotopic (exact) mass is 431 g/mol. The van der Waals surface area contributed by atoms with Gasteiger partial charge in [-0.25, -0.2) is 0 Å². The molecule has 2 aromatic carbocycles. The molecule has 0 radical (unpaired) electrons. The van der Waals surface area contributed by atoms with Gasteiger partial charge in [0.25, 0.3) is 0 Å². The minimum Gasteiger partial charge on any atom is -0.465 e. The maximum absolute atomic E-state index is 12.8. The highest BCUT2D eigenvalue weighted by Gasteiger charge is 2.44. The Bertz CT molecular complexity index is 740. The number of benzene rings is 2. The molecule has 0 saturated carbocycles. The Labute approximate surface area is 169 Å². The standard InChI is InChI=1S/C22H26BrNO3/c1-2-27-21(26)22(18-6-4-3-5-7-18)12-14-24(15-13-22)16-20(25)17-8-10-19(23)11-9-17/h3-11,20,25H,2,12-16H2,1H3. The van der Waals surface area contributed by atoms with Gasteiger partial charge in [0.1, 0.15) is 0 Å². The number of hydrogen-bond acceptors (Lipinski definition) is 4. The smallest absolute Gasteiger partial charge is 0.316 e. The Kier molecular flexibility index (Phi) is 6.68. The second-order valence-electron chi connectivity index (χ2n) is 7.04. The van der Waals surface area contributed by atoms with Gasteiger partial charge < -0.3 is 14.7 Å². The van der Waals surface area contributed by atoms with E-state index in [0.717, 1.165) is 28.7 Å². The molecule has 1 aliphatic rings. The van der Waals surface area contributed by atoms with Crippen LogP contribution in [0.25, 0.3) is 0 Å². The number of likely N-dealkylation sites (tertiary alicyclic amines) is 1. The molecule has 0 aromatic heterocycles. The van der Waals surface area contributed by atoms with Gasteiger partial charge in [-0.1, -0.05) is 58.4 Å². The first-order valence-corrected chi connectivity index (χ1v) is 10.2. The zero-order chi connectivity index (χ0) is 19.3. The Morgan fingerprint density at radius 2 is 1.78 bits per heavy atom. The van der Waals surface area contributed by atoms with Crippen molar-refractivity contribution < 1.29 is 14.6 Å². The van der Waals surface area contributed by atoms with E-state index in [2.05, 4.69) is 20.8 Å². The van der Waals surface area contributed by atoms with Crippen LogP contribution in [0.1, 0.15) is 37.0 Å². The van der Waals surface area contributed by atoms with Gasteiger partial charge >= 0.3 is 5.97 Å². The molecule has 0 bridgehead atoms. The Morgan fingerprint density at radius 3 is 2.37 bits per heavy atom. The van der Waals surface area contributed by atoms with E-state index in [9.17, 15) is 9.90 Å². The molecular formula is C22H26BrNO3. The van der Waals surface area contributed by atoms with Gasteiger partial charge in [0.05, 0.1) is 18.1 Å². The van der Waals surface area contributed by atoms with Crippen LogP contribution < -0.4 is 0 Å². The van der Waals surface area contributed by atoms with Gasteiger partial charge in [0.2, 0.25) is 0 Å². The number of piperidine rings is 1. The van der Waals surface area contributed by atoms with E-state index in [1.165, 1.54) is 0 Å². The second kappa shape index (κ2) is 9.00. The lowest BCUT2D eigenvalue weighted by Gasteiger charge is -2.40. The van der Waals surface area contributed by atoms with Crippen LogP contribution in [0.4, 0.5) is 0 Å². The van der Waals surface area contributed by atoms with E-state index in [4.69, 9.17) is 4.74 Å². The lowest BCUT2D eigenvalue weighted by molar-refractivity contribution is -0.152. The molecule has 0 amide bonds. The fourth-order valence-corrected chi connectivity index (χ4v) is 4.05. The van der Waals surface area contributed by atoms with Crippen LogP contribution >= 0.6 is 15.9 Å². The molecule has 0 spiro atoms. The molecule has 1 atom stereocenters. The van der Waals surface area contributed by atoms with Crippen molar-refractivity contribution in [2.75, 3.05) is 26.2 Å². The summed E-state index contributed by atoms with van der Waals surface area (Å²) < 4.78 is 6.42. The molecule has 1 fully saturated rings. The highest BCUT2D eigenvalue weighted by molar-refractivity contribution is 9.10. The van der Waals surface area contributed by atoms with Crippen molar-refractivity contribution in [3.63, 3.8) is 0 Å². The Morgan fingerprint density at radius 1 is 1.15 bits per heavy atom. The third-order valence-electron chi connectivity index (χ3n) is 5.39. The van der Waals surface area contributed by atoms with E-state index in [1.807, 2.05) is 61.5 Å². The minimum atomic E-state index is -0.587. The lowest BCUT2D eigenvalue weighted by atomic mass is 9.72. The topological polar surface area (TPSA) is 49.8 Å². The van der Waals surface area contributed by atoms with Crippen molar-refractivity contribution in [2.45, 2.75) is 31.3 Å². The molecule has 5 heteroatoms. The molecule has 1 aliphatic heterocycles. The first-order valence-electron chi connectivity index (χ1n) is 9.44. The summed E-state index contributed by atoms with van der Waals surface area (Å²) >= 11 is 3.42. The van der Waals surface area contributed by atoms with E-state index < -0.39 is 11.5 Å². The average Bonchev–Trinajstić information content (AvgIpc) is 2.70. The van der Waals surface area contributed by atoms with Crippen molar-refractivity contribution in [1.29, 1.82) is 0 Å². The SMILES string of the molecule is CCOC(=O)C1(c2ccccc2)CCN(CC(O)c2ccc(Br)cc2)CC1. The van der Waals surface area contributed by atoms with Gasteiger partial charge in [0.15, 0.2) is 0 Å². The van der Waals surface area contributed by atoms with Gasteiger partial charge in [-0.05, 0) is 56.1 Å². The maximum Gasteiger partial charge on any atom is 0.316 e. The van der Waals surface area contributed by atoms with E-state index in [0.29, 0.717) is 26.0 Å². The predicted octanol–water partition coefficient (Wildman–Crippen LogP) is 4.08. The number of ether oxygens (including phenoxy) is 1. The summed E-state index contributed by atoms with van der Waals surface area (Å²) in [6, 6.07) is 17.7. The van der Waals surface area contributed by atoms with Crippen LogP contribution in [0.2, 0.25) is 0 Å². The number of nitrogens with zero attached hydrogens (tertiary/aromatic N) is 1. The number of halogens is 1. The van der Waals surface area contributed by atoms with Crippen molar-refractivity contribution in [3.8, 4) is 0 Å². The number of aliphatic hydroxyl groups excluding tert-OH is 1. The first kappa shape index (κ1) is 20.1. The largest absolute Gasteiger partial charge is 0.465 e. The Hall–Kier alpha value is -1.69. The first-order chi connectivity index (χ1) is 13.0. The molecule has 1 saturated heterocycles. The number of rotatable bonds is 6. The predicted molar refractivity (Wildman–Crippen MR) is 110 cm³/mol. The quantitative estimate of drug-likeness (QED) is 0.699. The van der Waals surface area contributed by atoms with Gasteiger partial charge in [0, 0.05) is 11.0 Å². The van der Waals surface area contributed by atoms with Gasteiger partial charge in [-0.3, -0.25) is 4.79 Å². The number of β-amino-alcohol motifs (C(OH)–C–C–N with tert-alkyl or cyclic N) is 1. The molecule has 0 aliphatic carbocycles.